The summed E-state index contributed by atoms with van der Waals surface area (Å²) in [6.45, 7) is 18.7. The monoisotopic (exact) mass is 412 g/mol. The van der Waals surface area contributed by atoms with Crippen molar-refractivity contribution in [3.05, 3.63) is 23.3 Å². The zero-order valence-electron chi connectivity index (χ0n) is 19.5. The van der Waals surface area contributed by atoms with Crippen molar-refractivity contribution in [1.29, 1.82) is 0 Å². The predicted molar refractivity (Wildman–Crippen MR) is 120 cm³/mol. The van der Waals surface area contributed by atoms with Gasteiger partial charge >= 0.3 is 0 Å². The smallest absolute Gasteiger partial charge is 0.191 e. The van der Waals surface area contributed by atoms with Crippen LogP contribution in [0.25, 0.3) is 0 Å². The molecule has 0 saturated carbocycles. The molecule has 3 atom stereocenters. The molecule has 0 unspecified atom stereocenters. The van der Waals surface area contributed by atoms with Crippen molar-refractivity contribution in [2.75, 3.05) is 13.2 Å². The van der Waals surface area contributed by atoms with Gasteiger partial charge in [0.2, 0.25) is 0 Å². The Hall–Kier alpha value is -0.463. The first-order valence-electron chi connectivity index (χ1n) is 10.7. The van der Waals surface area contributed by atoms with Crippen LogP contribution in [-0.4, -0.2) is 49.6 Å². The molecule has 0 spiro atoms. The maximum atomic E-state index is 10.6. The van der Waals surface area contributed by atoms with Gasteiger partial charge in [0.25, 0.3) is 0 Å². The molecule has 0 aromatic carbocycles. The molecule has 4 nitrogen and oxygen atoms in total. The topological polar surface area (TPSA) is 58.9 Å². The van der Waals surface area contributed by atoms with Gasteiger partial charge in [-0.05, 0) is 71.0 Å². The Morgan fingerprint density at radius 1 is 1.36 bits per heavy atom. The molecule has 5 heteroatoms. The van der Waals surface area contributed by atoms with Crippen molar-refractivity contribution in [1.82, 2.24) is 0 Å². The van der Waals surface area contributed by atoms with Crippen molar-refractivity contribution < 1.29 is 19.4 Å². The highest BCUT2D eigenvalue weighted by Gasteiger charge is 2.39. The van der Waals surface area contributed by atoms with Gasteiger partial charge in [0, 0.05) is 6.61 Å². The van der Waals surface area contributed by atoms with Crippen molar-refractivity contribution in [3.8, 4) is 0 Å². The zero-order chi connectivity index (χ0) is 21.6. The highest BCUT2D eigenvalue weighted by Crippen LogP contribution is 2.36. The summed E-state index contributed by atoms with van der Waals surface area (Å²) >= 11 is 0. The summed E-state index contributed by atoms with van der Waals surface area (Å²) in [4.78, 5) is 0. The molecule has 0 amide bonds. The SMILES string of the molecule is C/C1=C/CO[C@](C)(CC/C=C(\C)CCCO[Si](C)(C)C(C)(C)C)[C@H](O)[C@@H](O)C1. The number of ether oxygens (including phenoxy) is 1. The molecule has 1 heterocycles. The van der Waals surface area contributed by atoms with E-state index in [1.807, 2.05) is 19.9 Å². The molecule has 28 heavy (non-hydrogen) atoms. The lowest BCUT2D eigenvalue weighted by molar-refractivity contribution is -0.149. The highest BCUT2D eigenvalue weighted by molar-refractivity contribution is 6.74. The van der Waals surface area contributed by atoms with Gasteiger partial charge in [-0.15, -0.1) is 0 Å². The van der Waals surface area contributed by atoms with Crippen molar-refractivity contribution in [2.45, 2.75) is 110 Å². The van der Waals surface area contributed by atoms with Gasteiger partial charge in [0.1, 0.15) is 6.10 Å². The van der Waals surface area contributed by atoms with E-state index in [9.17, 15) is 10.2 Å². The predicted octanol–water partition coefficient (Wildman–Crippen LogP) is 5.36. The van der Waals surface area contributed by atoms with E-state index in [-0.39, 0.29) is 5.04 Å². The summed E-state index contributed by atoms with van der Waals surface area (Å²) < 4.78 is 12.2. The summed E-state index contributed by atoms with van der Waals surface area (Å²) in [5.74, 6) is 0. The molecule has 1 aliphatic heterocycles. The average Bonchev–Trinajstić information content (AvgIpc) is 2.56. The third kappa shape index (κ3) is 7.75. The number of hydrogen-bond acceptors (Lipinski definition) is 4. The lowest BCUT2D eigenvalue weighted by Crippen LogP contribution is -2.49. The Morgan fingerprint density at radius 3 is 2.61 bits per heavy atom. The second-order valence-corrected chi connectivity index (χ2v) is 15.0. The number of aliphatic hydroxyl groups excluding tert-OH is 2. The van der Waals surface area contributed by atoms with E-state index in [2.05, 4.69) is 46.9 Å². The third-order valence-corrected chi connectivity index (χ3v) is 11.0. The first-order chi connectivity index (χ1) is 12.8. The van der Waals surface area contributed by atoms with E-state index in [1.165, 1.54) is 5.57 Å². The first kappa shape index (κ1) is 25.6. The lowest BCUT2D eigenvalue weighted by atomic mass is 9.86. The maximum absolute atomic E-state index is 10.6. The number of aliphatic hydroxyl groups is 2. The van der Waals surface area contributed by atoms with E-state index < -0.39 is 26.1 Å². The molecule has 0 aromatic rings. The minimum atomic E-state index is -1.66. The molecule has 164 valence electrons. The van der Waals surface area contributed by atoms with Crippen molar-refractivity contribution >= 4 is 8.32 Å². The fourth-order valence-corrected chi connectivity index (χ4v) is 4.30. The van der Waals surface area contributed by atoms with Crippen LogP contribution in [0.2, 0.25) is 18.1 Å². The van der Waals surface area contributed by atoms with Crippen molar-refractivity contribution in [3.63, 3.8) is 0 Å². The van der Waals surface area contributed by atoms with E-state index in [4.69, 9.17) is 9.16 Å². The van der Waals surface area contributed by atoms with Crippen LogP contribution in [0.3, 0.4) is 0 Å². The highest BCUT2D eigenvalue weighted by atomic mass is 28.4. The van der Waals surface area contributed by atoms with Gasteiger partial charge in [0.15, 0.2) is 8.32 Å². The van der Waals surface area contributed by atoms with Crippen LogP contribution < -0.4 is 0 Å². The molecule has 1 aliphatic rings. The standard InChI is InChI=1S/C23H44O4Si/c1-18(12-10-15-27-28(7,8)22(3,4)5)11-9-14-23(6)21(25)20(24)17-19(2)13-16-26-23/h11,13,20-21,24-25H,9-10,12,14-17H2,1-8H3/b18-11+,19-13-/t20-,21+,23+/m0/s1. The lowest BCUT2D eigenvalue weighted by Gasteiger charge is -2.38. The second-order valence-electron chi connectivity index (χ2n) is 10.2. The van der Waals surface area contributed by atoms with Crippen LogP contribution in [0.15, 0.2) is 23.3 Å². The largest absolute Gasteiger partial charge is 0.417 e. The fraction of sp³-hybridized carbons (Fsp3) is 0.826. The number of hydrogen-bond donors (Lipinski definition) is 2. The van der Waals surface area contributed by atoms with Crippen LogP contribution >= 0.6 is 0 Å². The quantitative estimate of drug-likeness (QED) is 0.320. The molecular formula is C23H44O4Si. The number of allylic oxidation sites excluding steroid dienone is 2. The molecule has 0 aliphatic carbocycles. The third-order valence-electron chi connectivity index (χ3n) is 6.48. The Kier molecular flexibility index (Phi) is 9.62. The van der Waals surface area contributed by atoms with Gasteiger partial charge in [-0.2, -0.15) is 0 Å². The van der Waals surface area contributed by atoms with Gasteiger partial charge in [-0.25, -0.2) is 0 Å². The van der Waals surface area contributed by atoms with Crippen LogP contribution in [0.1, 0.15) is 73.6 Å². The van der Waals surface area contributed by atoms with Crippen LogP contribution in [-0.2, 0) is 9.16 Å². The van der Waals surface area contributed by atoms with Gasteiger partial charge < -0.3 is 19.4 Å². The van der Waals surface area contributed by atoms with E-state index >= 15 is 0 Å². The maximum Gasteiger partial charge on any atom is 0.191 e. The molecule has 2 N–H and O–H groups in total. The van der Waals surface area contributed by atoms with Crippen LogP contribution in [0, 0.1) is 0 Å². The summed E-state index contributed by atoms with van der Waals surface area (Å²) in [5, 5.41) is 21.1. The molecule has 1 rings (SSSR count). The fourth-order valence-electron chi connectivity index (χ4n) is 3.21. The minimum absolute atomic E-state index is 0.254. The van der Waals surface area contributed by atoms with Crippen molar-refractivity contribution in [2.24, 2.45) is 0 Å². The Bertz CT molecular complexity index is 547. The minimum Gasteiger partial charge on any atom is -0.417 e. The molecule has 0 aromatic heterocycles. The molecule has 0 radical (unpaired) electrons. The zero-order valence-corrected chi connectivity index (χ0v) is 20.5. The average molecular weight is 413 g/mol. The Labute approximate surface area is 174 Å². The summed E-state index contributed by atoms with van der Waals surface area (Å²) in [6, 6.07) is 0. The van der Waals surface area contributed by atoms with Crippen LogP contribution in [0.4, 0.5) is 0 Å². The molecule has 0 saturated heterocycles. The normalized spacial score (nSPS) is 29.8. The summed E-state index contributed by atoms with van der Waals surface area (Å²) in [7, 11) is -1.66. The summed E-state index contributed by atoms with van der Waals surface area (Å²) in [6.07, 6.45) is 6.67. The summed E-state index contributed by atoms with van der Waals surface area (Å²) in [5.41, 5.74) is 1.68. The molecule has 0 fully saturated rings. The number of rotatable bonds is 8. The van der Waals surface area contributed by atoms with Gasteiger partial charge in [0.05, 0.1) is 18.3 Å². The molecule has 0 bridgehead atoms. The van der Waals surface area contributed by atoms with Gasteiger partial charge in [-0.1, -0.05) is 44.1 Å². The first-order valence-corrected chi connectivity index (χ1v) is 13.6. The van der Waals surface area contributed by atoms with E-state index in [1.54, 1.807) is 0 Å². The Balaban J connectivity index is 2.46. The Morgan fingerprint density at radius 2 is 2.00 bits per heavy atom. The van der Waals surface area contributed by atoms with Gasteiger partial charge in [-0.3, -0.25) is 0 Å². The molecular weight excluding hydrogens is 368 g/mol. The van der Waals surface area contributed by atoms with E-state index in [0.29, 0.717) is 19.4 Å². The van der Waals surface area contributed by atoms with E-state index in [0.717, 1.165) is 31.4 Å². The second kappa shape index (κ2) is 10.5. The van der Waals surface area contributed by atoms with Crippen LogP contribution in [0.5, 0.6) is 0 Å².